The Labute approximate surface area is 177 Å². The highest BCUT2D eigenvalue weighted by Gasteiger charge is 2.76. The van der Waals surface area contributed by atoms with Crippen LogP contribution < -0.4 is 0 Å². The van der Waals surface area contributed by atoms with Crippen molar-refractivity contribution < 1.29 is 8.91 Å². The van der Waals surface area contributed by atoms with Crippen molar-refractivity contribution in [3.05, 3.63) is 0 Å². The van der Waals surface area contributed by atoms with E-state index in [2.05, 4.69) is 114 Å². The van der Waals surface area contributed by atoms with Crippen molar-refractivity contribution in [2.45, 2.75) is 123 Å². The Morgan fingerprint density at radius 2 is 0.889 bits per heavy atom. The maximum absolute atomic E-state index is 13.0. The molecule has 0 aliphatic rings. The molecular formula is C20H52O2Si5. The molecule has 0 aliphatic carbocycles. The van der Waals surface area contributed by atoms with Gasteiger partial charge in [0.25, 0.3) is 0 Å². The van der Waals surface area contributed by atoms with Crippen LogP contribution in [0.4, 0.5) is 0 Å². The van der Waals surface area contributed by atoms with Gasteiger partial charge < -0.3 is 8.91 Å². The van der Waals surface area contributed by atoms with E-state index in [0.29, 0.717) is 0 Å². The fourth-order valence-electron chi connectivity index (χ4n) is 6.21. The second-order valence-electron chi connectivity index (χ2n) is 14.3. The maximum atomic E-state index is 13.0. The Balaban J connectivity index is 7.40. The Kier molecular flexibility index (Phi) is 7.57. The van der Waals surface area contributed by atoms with Gasteiger partial charge in [0.15, 0.2) is 8.32 Å². The predicted octanol–water partition coefficient (Wildman–Crippen LogP) is 7.40. The molecule has 0 aromatic carbocycles. The van der Waals surface area contributed by atoms with E-state index in [-0.39, 0.29) is 14.7 Å². The SMILES string of the molecule is CC(C)(C)C([Si](C)(C)C)([Si](C)(C)C)[Si](O)(O[Si](C)(C)C(C)(C)C)[Si](C)(C)C. The van der Waals surface area contributed by atoms with Crippen molar-refractivity contribution in [1.29, 1.82) is 0 Å². The van der Waals surface area contributed by atoms with Gasteiger partial charge in [-0.05, 0) is 23.5 Å². The first kappa shape index (κ1) is 28.0. The molecule has 0 rings (SSSR count). The quantitative estimate of drug-likeness (QED) is 0.415. The lowest BCUT2D eigenvalue weighted by Crippen LogP contribution is -2.83. The normalized spacial score (nSPS) is 18.4. The minimum Gasteiger partial charge on any atom is -0.438 e. The van der Waals surface area contributed by atoms with Gasteiger partial charge >= 0.3 is 8.08 Å². The van der Waals surface area contributed by atoms with Gasteiger partial charge in [0.05, 0.1) is 16.1 Å². The van der Waals surface area contributed by atoms with Gasteiger partial charge in [-0.1, -0.05) is 100 Å². The molecule has 0 amide bonds. The van der Waals surface area contributed by atoms with E-state index in [4.69, 9.17) is 4.12 Å². The second-order valence-corrected chi connectivity index (χ2v) is 44.7. The predicted molar refractivity (Wildman–Crippen MR) is 138 cm³/mol. The van der Waals surface area contributed by atoms with E-state index < -0.39 is 40.1 Å². The summed E-state index contributed by atoms with van der Waals surface area (Å²) in [5.74, 6) is 0. The summed E-state index contributed by atoms with van der Waals surface area (Å²) < 4.78 is 7.34. The van der Waals surface area contributed by atoms with Crippen LogP contribution in [0.3, 0.4) is 0 Å². The van der Waals surface area contributed by atoms with Crippen LogP contribution >= 0.6 is 0 Å². The first-order valence-electron chi connectivity index (χ1n) is 10.6. The Hall–Kier alpha value is 1.00. The molecule has 1 atom stereocenters. The molecule has 7 heteroatoms. The van der Waals surface area contributed by atoms with E-state index in [0.717, 1.165) is 0 Å². The van der Waals surface area contributed by atoms with Crippen LogP contribution in [0.25, 0.3) is 0 Å². The van der Waals surface area contributed by atoms with Gasteiger partial charge in [-0.3, -0.25) is 0 Å². The largest absolute Gasteiger partial charge is 0.438 e. The average Bonchev–Trinajstić information content (AvgIpc) is 2.17. The second kappa shape index (κ2) is 7.30. The zero-order chi connectivity index (χ0) is 22.7. The van der Waals surface area contributed by atoms with E-state index in [1.54, 1.807) is 0 Å². The van der Waals surface area contributed by atoms with Crippen LogP contribution in [-0.4, -0.2) is 44.9 Å². The van der Waals surface area contributed by atoms with E-state index in [1.165, 1.54) is 0 Å². The zero-order valence-corrected chi connectivity index (χ0v) is 26.9. The number of rotatable bonds is 6. The van der Waals surface area contributed by atoms with E-state index in [1.807, 2.05) is 0 Å². The third-order valence-electron chi connectivity index (χ3n) is 7.11. The minimum absolute atomic E-state index is 0.0278. The van der Waals surface area contributed by atoms with Crippen LogP contribution in [0, 0.1) is 5.41 Å². The molecule has 27 heavy (non-hydrogen) atoms. The fourth-order valence-corrected chi connectivity index (χ4v) is 60.0. The summed E-state index contributed by atoms with van der Waals surface area (Å²) in [5, 5.41) is 0.107. The first-order chi connectivity index (χ1) is 11.2. The lowest BCUT2D eigenvalue weighted by molar-refractivity contribution is 0.288. The summed E-state index contributed by atoms with van der Waals surface area (Å²) in [6.07, 6.45) is 0. The van der Waals surface area contributed by atoms with Crippen LogP contribution in [0.5, 0.6) is 0 Å². The molecular weight excluding hydrogens is 413 g/mol. The van der Waals surface area contributed by atoms with Crippen molar-refractivity contribution in [2.75, 3.05) is 0 Å². The molecule has 0 bridgehead atoms. The topological polar surface area (TPSA) is 29.5 Å². The van der Waals surface area contributed by atoms with Crippen LogP contribution in [0.15, 0.2) is 0 Å². The van der Waals surface area contributed by atoms with Gasteiger partial charge in [-0.15, -0.1) is 0 Å². The monoisotopic (exact) mass is 464 g/mol. The van der Waals surface area contributed by atoms with Crippen LogP contribution in [-0.2, 0) is 4.12 Å². The molecule has 0 fully saturated rings. The van der Waals surface area contributed by atoms with Crippen molar-refractivity contribution in [3.8, 4) is 0 Å². The molecule has 2 nitrogen and oxygen atoms in total. The zero-order valence-electron chi connectivity index (χ0n) is 21.9. The molecule has 0 saturated carbocycles. The van der Waals surface area contributed by atoms with E-state index >= 15 is 0 Å². The Morgan fingerprint density at radius 1 is 0.593 bits per heavy atom. The van der Waals surface area contributed by atoms with Gasteiger partial charge in [0, 0.05) is 4.28 Å². The molecule has 0 aromatic rings. The third-order valence-corrected chi connectivity index (χ3v) is 44.4. The van der Waals surface area contributed by atoms with Gasteiger partial charge in [-0.25, -0.2) is 0 Å². The van der Waals surface area contributed by atoms with Gasteiger partial charge in [0.1, 0.15) is 7.59 Å². The summed E-state index contributed by atoms with van der Waals surface area (Å²) in [5.41, 5.74) is 0.0333. The third kappa shape index (κ3) is 4.54. The van der Waals surface area contributed by atoms with Crippen molar-refractivity contribution in [3.63, 3.8) is 0 Å². The molecule has 0 spiro atoms. The molecule has 0 heterocycles. The van der Waals surface area contributed by atoms with Crippen molar-refractivity contribution >= 4 is 40.1 Å². The van der Waals surface area contributed by atoms with Crippen molar-refractivity contribution in [1.82, 2.24) is 0 Å². The average molecular weight is 465 g/mol. The Bertz CT molecular complexity index is 489. The first-order valence-corrected chi connectivity index (χ1v) is 26.9. The molecule has 0 radical (unpaired) electrons. The molecule has 1 N–H and O–H groups in total. The molecule has 1 unspecified atom stereocenters. The summed E-state index contributed by atoms with van der Waals surface area (Å²) in [6.45, 7) is 41.0. The lowest BCUT2D eigenvalue weighted by atomic mass is 9.99. The fraction of sp³-hybridized carbons (Fsp3) is 1.00. The highest BCUT2D eigenvalue weighted by atomic mass is 29.3. The van der Waals surface area contributed by atoms with Gasteiger partial charge in [0.2, 0.25) is 0 Å². The number of hydrogen-bond acceptors (Lipinski definition) is 2. The van der Waals surface area contributed by atoms with E-state index in [9.17, 15) is 4.80 Å². The Morgan fingerprint density at radius 3 is 1.04 bits per heavy atom. The van der Waals surface area contributed by atoms with Crippen LogP contribution in [0.2, 0.25) is 81.3 Å². The summed E-state index contributed by atoms with van der Waals surface area (Å²) in [6, 6.07) is 0. The summed E-state index contributed by atoms with van der Waals surface area (Å²) in [4.78, 5) is 13.0. The summed E-state index contributed by atoms with van der Waals surface area (Å²) >= 11 is 0. The van der Waals surface area contributed by atoms with Crippen molar-refractivity contribution in [2.24, 2.45) is 5.41 Å². The molecule has 0 aromatic heterocycles. The molecule has 164 valence electrons. The maximum Gasteiger partial charge on any atom is 0.304 e. The molecule has 0 saturated heterocycles. The minimum atomic E-state index is -3.06. The summed E-state index contributed by atoms with van der Waals surface area (Å²) in [7, 11) is -10.8. The standard InChI is InChI=1S/C20H52O2Si5/c1-18(2,3)20(23(7,8)9,24(10,11)12)27(21,25(13,14)15)22-26(16,17)19(4,5)6/h21H,1-17H3. The van der Waals surface area contributed by atoms with Gasteiger partial charge in [-0.2, -0.15) is 0 Å². The lowest BCUT2D eigenvalue weighted by Gasteiger charge is -2.68. The smallest absolute Gasteiger partial charge is 0.304 e. The molecule has 0 aliphatic heterocycles. The highest BCUT2D eigenvalue weighted by Crippen LogP contribution is 2.66. The number of hydrogen-bond donors (Lipinski definition) is 1. The van der Waals surface area contributed by atoms with Crippen LogP contribution in [0.1, 0.15) is 41.5 Å². The highest BCUT2D eigenvalue weighted by molar-refractivity contribution is 7.44.